The van der Waals surface area contributed by atoms with Gasteiger partial charge in [0.15, 0.2) is 0 Å². The molecule has 2 aromatic carbocycles. The molecule has 1 heterocycles. The Morgan fingerprint density at radius 3 is 2.32 bits per heavy atom. The molecule has 1 aliphatic rings. The zero-order valence-corrected chi connectivity index (χ0v) is 22.2. The quantitative estimate of drug-likeness (QED) is 0.301. The molecule has 0 spiro atoms. The Balaban J connectivity index is 1.33. The number of anilines is 1. The van der Waals surface area contributed by atoms with Crippen molar-refractivity contribution < 1.29 is 19.5 Å². The fourth-order valence-electron chi connectivity index (χ4n) is 4.79. The molecule has 0 bridgehead atoms. The maximum atomic E-state index is 13.0. The Kier molecular flexibility index (Phi) is 9.37. The SMILES string of the molecule is O=C(N[C@@H](Cc1ccc(CC(=O)[C@H]2CCC[C@@H](Nc3ccccn3)C2)cc1)C(=O)O)c1c(Cl)cccc1Cl. The number of nitrogens with one attached hydrogen (secondary N) is 2. The number of hydrogen-bond acceptors (Lipinski definition) is 5. The van der Waals surface area contributed by atoms with Crippen molar-refractivity contribution in [2.45, 2.75) is 50.6 Å². The number of amides is 1. The van der Waals surface area contributed by atoms with Crippen LogP contribution >= 0.6 is 23.2 Å². The number of carboxylic acids is 1. The second kappa shape index (κ2) is 12.9. The third kappa shape index (κ3) is 7.33. The van der Waals surface area contributed by atoms with E-state index in [9.17, 15) is 19.5 Å². The van der Waals surface area contributed by atoms with Gasteiger partial charge in [-0.25, -0.2) is 9.78 Å². The molecule has 1 saturated carbocycles. The van der Waals surface area contributed by atoms with Gasteiger partial charge in [0.2, 0.25) is 0 Å². The predicted molar refractivity (Wildman–Crippen MR) is 148 cm³/mol. The van der Waals surface area contributed by atoms with E-state index >= 15 is 0 Å². The first-order valence-corrected chi connectivity index (χ1v) is 13.3. The van der Waals surface area contributed by atoms with E-state index in [1.165, 1.54) is 12.1 Å². The molecule has 1 aliphatic carbocycles. The molecule has 0 saturated heterocycles. The van der Waals surface area contributed by atoms with E-state index in [1.807, 2.05) is 30.3 Å². The molecule has 198 valence electrons. The monoisotopic (exact) mass is 553 g/mol. The highest BCUT2D eigenvalue weighted by Crippen LogP contribution is 2.28. The van der Waals surface area contributed by atoms with E-state index in [1.54, 1.807) is 24.4 Å². The summed E-state index contributed by atoms with van der Waals surface area (Å²) in [5.41, 5.74) is 1.63. The van der Waals surface area contributed by atoms with Gasteiger partial charge in [-0.3, -0.25) is 9.59 Å². The number of benzene rings is 2. The zero-order chi connectivity index (χ0) is 27.1. The second-order valence-electron chi connectivity index (χ2n) is 9.54. The van der Waals surface area contributed by atoms with Crippen molar-refractivity contribution >= 4 is 46.7 Å². The van der Waals surface area contributed by atoms with Crippen molar-refractivity contribution in [3.8, 4) is 0 Å². The van der Waals surface area contributed by atoms with Crippen LogP contribution in [-0.4, -0.2) is 39.8 Å². The van der Waals surface area contributed by atoms with Crippen molar-refractivity contribution in [2.75, 3.05) is 5.32 Å². The van der Waals surface area contributed by atoms with Crippen molar-refractivity contribution in [3.63, 3.8) is 0 Å². The van der Waals surface area contributed by atoms with Gasteiger partial charge in [-0.1, -0.05) is 66.0 Å². The van der Waals surface area contributed by atoms with Gasteiger partial charge in [-0.15, -0.1) is 0 Å². The van der Waals surface area contributed by atoms with Crippen LogP contribution in [0, 0.1) is 5.92 Å². The Hall–Kier alpha value is -3.42. The number of hydrogen-bond donors (Lipinski definition) is 3. The third-order valence-corrected chi connectivity index (χ3v) is 7.41. The van der Waals surface area contributed by atoms with E-state index in [0.29, 0.717) is 6.42 Å². The van der Waals surface area contributed by atoms with Crippen LogP contribution in [0.5, 0.6) is 0 Å². The summed E-state index contributed by atoms with van der Waals surface area (Å²) in [5, 5.41) is 15.9. The van der Waals surface area contributed by atoms with Gasteiger partial charge in [0.1, 0.15) is 17.6 Å². The van der Waals surface area contributed by atoms with Crippen LogP contribution in [-0.2, 0) is 22.4 Å². The summed E-state index contributed by atoms with van der Waals surface area (Å²) in [6.07, 6.45) is 5.81. The number of Topliss-reactive ketones (excluding diaryl/α,β-unsaturated/α-hetero) is 1. The molecule has 9 heteroatoms. The molecule has 1 aromatic heterocycles. The highest BCUT2D eigenvalue weighted by molar-refractivity contribution is 6.39. The number of ketones is 1. The zero-order valence-electron chi connectivity index (χ0n) is 20.7. The Labute approximate surface area is 231 Å². The second-order valence-corrected chi connectivity index (χ2v) is 10.4. The molecule has 3 aromatic rings. The molecule has 4 rings (SSSR count). The van der Waals surface area contributed by atoms with E-state index in [0.717, 1.165) is 42.6 Å². The molecule has 38 heavy (non-hydrogen) atoms. The lowest BCUT2D eigenvalue weighted by molar-refractivity contribution is -0.139. The predicted octanol–water partition coefficient (Wildman–Crippen LogP) is 5.60. The fourth-order valence-corrected chi connectivity index (χ4v) is 5.36. The minimum absolute atomic E-state index is 0.00660. The number of pyridine rings is 1. The lowest BCUT2D eigenvalue weighted by atomic mass is 9.81. The van der Waals surface area contributed by atoms with Crippen LogP contribution in [0.25, 0.3) is 0 Å². The van der Waals surface area contributed by atoms with Crippen LogP contribution < -0.4 is 10.6 Å². The summed E-state index contributed by atoms with van der Waals surface area (Å²) >= 11 is 12.2. The maximum absolute atomic E-state index is 13.0. The molecule has 1 amide bonds. The number of nitrogens with zero attached hydrogens (tertiary/aromatic N) is 1. The summed E-state index contributed by atoms with van der Waals surface area (Å²) in [6, 6.07) is 16.7. The van der Waals surface area contributed by atoms with Crippen LogP contribution in [0.4, 0.5) is 5.82 Å². The standard InChI is InChI=1S/C29H29Cl2N3O4/c30-22-7-4-8-23(31)27(22)28(36)34-24(29(37)38)15-18-10-12-19(13-11-18)16-25(35)20-5-3-6-21(17-20)33-26-9-1-2-14-32-26/h1-2,4,7-14,20-21,24H,3,5-6,15-17H2,(H,32,33)(H,34,36)(H,37,38)/t20-,21+,24-/m0/s1. The lowest BCUT2D eigenvalue weighted by Gasteiger charge is -2.29. The molecule has 3 N–H and O–H groups in total. The number of halogens is 2. The van der Waals surface area contributed by atoms with Gasteiger partial charge >= 0.3 is 5.97 Å². The van der Waals surface area contributed by atoms with Crippen molar-refractivity contribution in [3.05, 3.63) is 93.6 Å². The summed E-state index contributed by atoms with van der Waals surface area (Å²) in [5.74, 6) is -0.803. The van der Waals surface area contributed by atoms with Crippen LogP contribution in [0.2, 0.25) is 10.0 Å². The van der Waals surface area contributed by atoms with E-state index in [2.05, 4.69) is 15.6 Å². The van der Waals surface area contributed by atoms with E-state index in [4.69, 9.17) is 23.2 Å². The number of aromatic nitrogens is 1. The van der Waals surface area contributed by atoms with E-state index < -0.39 is 17.9 Å². The minimum Gasteiger partial charge on any atom is -0.480 e. The topological polar surface area (TPSA) is 108 Å². The van der Waals surface area contributed by atoms with Gasteiger partial charge in [0.05, 0.1) is 15.6 Å². The number of carbonyl (C=O) groups excluding carboxylic acids is 2. The van der Waals surface area contributed by atoms with E-state index in [-0.39, 0.29) is 39.8 Å². The van der Waals surface area contributed by atoms with Crippen molar-refractivity contribution in [1.29, 1.82) is 0 Å². The third-order valence-electron chi connectivity index (χ3n) is 6.78. The number of aliphatic carboxylic acids is 1. The number of carboxylic acid groups (broad SMARTS) is 1. The smallest absolute Gasteiger partial charge is 0.326 e. The largest absolute Gasteiger partial charge is 0.480 e. The average Bonchev–Trinajstić information content (AvgIpc) is 2.90. The molecule has 0 radical (unpaired) electrons. The Morgan fingerprint density at radius 2 is 1.66 bits per heavy atom. The van der Waals surface area contributed by atoms with Crippen LogP contribution in [0.15, 0.2) is 66.9 Å². The van der Waals surface area contributed by atoms with Crippen molar-refractivity contribution in [1.82, 2.24) is 10.3 Å². The van der Waals surface area contributed by atoms with Gasteiger partial charge < -0.3 is 15.7 Å². The average molecular weight is 554 g/mol. The van der Waals surface area contributed by atoms with Crippen LogP contribution in [0.3, 0.4) is 0 Å². The van der Waals surface area contributed by atoms with Gasteiger partial charge in [-0.2, -0.15) is 0 Å². The lowest BCUT2D eigenvalue weighted by Crippen LogP contribution is -2.42. The maximum Gasteiger partial charge on any atom is 0.326 e. The highest BCUT2D eigenvalue weighted by atomic mass is 35.5. The number of carbonyl (C=O) groups is 3. The van der Waals surface area contributed by atoms with Crippen LogP contribution in [0.1, 0.15) is 47.2 Å². The minimum atomic E-state index is -1.17. The molecule has 0 aliphatic heterocycles. The van der Waals surface area contributed by atoms with Crippen molar-refractivity contribution in [2.24, 2.45) is 5.92 Å². The first-order chi connectivity index (χ1) is 18.3. The molecule has 1 fully saturated rings. The van der Waals surface area contributed by atoms with Gasteiger partial charge in [0, 0.05) is 31.0 Å². The molecule has 0 unspecified atom stereocenters. The summed E-state index contributed by atoms with van der Waals surface area (Å²) in [7, 11) is 0. The summed E-state index contributed by atoms with van der Waals surface area (Å²) in [4.78, 5) is 41.8. The molecule has 3 atom stereocenters. The molecular weight excluding hydrogens is 525 g/mol. The van der Waals surface area contributed by atoms with Gasteiger partial charge in [0.25, 0.3) is 5.91 Å². The Bertz CT molecular complexity index is 1260. The first kappa shape index (κ1) is 27.6. The summed E-state index contributed by atoms with van der Waals surface area (Å²) < 4.78 is 0. The fraction of sp³-hybridized carbons (Fsp3) is 0.310. The van der Waals surface area contributed by atoms with Gasteiger partial charge in [-0.05, 0) is 54.7 Å². The number of rotatable bonds is 10. The first-order valence-electron chi connectivity index (χ1n) is 12.6. The Morgan fingerprint density at radius 1 is 0.947 bits per heavy atom. The summed E-state index contributed by atoms with van der Waals surface area (Å²) in [6.45, 7) is 0. The molecule has 7 nitrogen and oxygen atoms in total. The normalized spacial score (nSPS) is 17.8. The highest BCUT2D eigenvalue weighted by Gasteiger charge is 2.28. The molecular formula is C29H29Cl2N3O4.